The van der Waals surface area contributed by atoms with Crippen LogP contribution in [0.5, 0.6) is 0 Å². The van der Waals surface area contributed by atoms with Crippen molar-refractivity contribution in [2.75, 3.05) is 0 Å². The monoisotopic (exact) mass is 221 g/mol. The summed E-state index contributed by atoms with van der Waals surface area (Å²) in [6, 6.07) is 3.54. The lowest BCUT2D eigenvalue weighted by molar-refractivity contribution is 0.110. The molecule has 2 nitrogen and oxygen atoms in total. The molecule has 0 spiro atoms. The maximum Gasteiger partial charge on any atom is 0.238 e. The van der Waals surface area contributed by atoms with E-state index in [-0.39, 0.29) is 3.79 Å². The normalized spacial score (nSPS) is 9.12. The number of H-pyrrole nitrogens is 1. The molecule has 0 amide bonds. The van der Waals surface area contributed by atoms with Crippen LogP contribution >= 0.6 is 22.6 Å². The largest absolute Gasteiger partial charge is 0.358 e. The van der Waals surface area contributed by atoms with E-state index in [2.05, 4.69) is 4.98 Å². The molecule has 0 atom stereocenters. The second-order valence-electron chi connectivity index (χ2n) is 1.36. The summed E-state index contributed by atoms with van der Waals surface area (Å²) < 4.78 is 0.0487. The smallest absolute Gasteiger partial charge is 0.238 e. The van der Waals surface area contributed by atoms with Crippen LogP contribution in [0.15, 0.2) is 18.3 Å². The zero-order valence-corrected chi connectivity index (χ0v) is 6.18. The van der Waals surface area contributed by atoms with Crippen molar-refractivity contribution in [1.29, 1.82) is 0 Å². The summed E-state index contributed by atoms with van der Waals surface area (Å²) in [6.07, 6.45) is 1.73. The van der Waals surface area contributed by atoms with Crippen molar-refractivity contribution in [3.05, 3.63) is 24.0 Å². The van der Waals surface area contributed by atoms with Gasteiger partial charge < -0.3 is 4.98 Å². The number of hydrogen-bond acceptors (Lipinski definition) is 1. The molecule has 1 rings (SSSR count). The van der Waals surface area contributed by atoms with E-state index in [1.165, 1.54) is 0 Å². The minimum atomic E-state index is 0.0487. The van der Waals surface area contributed by atoms with Gasteiger partial charge in [0.05, 0.1) is 5.69 Å². The Hall–Kier alpha value is -0.320. The van der Waals surface area contributed by atoms with E-state index in [4.69, 9.17) is 0 Å². The third-order valence-electron chi connectivity index (χ3n) is 0.810. The van der Waals surface area contributed by atoms with Crippen LogP contribution in [0.1, 0.15) is 10.5 Å². The molecule has 8 heavy (non-hydrogen) atoms. The maximum absolute atomic E-state index is 10.5. The number of aromatic nitrogens is 1. The molecule has 0 saturated heterocycles. The van der Waals surface area contributed by atoms with Crippen LogP contribution in [0.3, 0.4) is 0 Å². The van der Waals surface area contributed by atoms with Gasteiger partial charge in [-0.1, -0.05) is 0 Å². The first-order chi connectivity index (χ1) is 3.80. The molecule has 0 bridgehead atoms. The second-order valence-corrected chi connectivity index (χ2v) is 2.34. The van der Waals surface area contributed by atoms with E-state index in [9.17, 15) is 4.79 Å². The Labute approximate surface area is 60.4 Å². The SMILES string of the molecule is O=C(I)c1ccc[nH]1. The van der Waals surface area contributed by atoms with Crippen molar-refractivity contribution >= 4 is 26.4 Å². The Balaban J connectivity index is 2.93. The molecule has 1 aromatic heterocycles. The predicted molar refractivity (Wildman–Crippen MR) is 39.1 cm³/mol. The van der Waals surface area contributed by atoms with Crippen molar-refractivity contribution in [2.24, 2.45) is 0 Å². The van der Waals surface area contributed by atoms with Gasteiger partial charge >= 0.3 is 0 Å². The lowest BCUT2D eigenvalue weighted by Crippen LogP contribution is -1.84. The summed E-state index contributed by atoms with van der Waals surface area (Å²) in [4.78, 5) is 13.2. The minimum Gasteiger partial charge on any atom is -0.358 e. The number of halogens is 1. The first kappa shape index (κ1) is 5.81. The number of carbonyl (C=O) groups is 1. The van der Waals surface area contributed by atoms with Crippen LogP contribution in [0.2, 0.25) is 0 Å². The third kappa shape index (κ3) is 1.09. The summed E-state index contributed by atoms with van der Waals surface area (Å²) in [5.41, 5.74) is 0.658. The van der Waals surface area contributed by atoms with E-state index < -0.39 is 0 Å². The van der Waals surface area contributed by atoms with Crippen molar-refractivity contribution in [3.63, 3.8) is 0 Å². The average molecular weight is 221 g/mol. The fourth-order valence-corrected chi connectivity index (χ4v) is 0.788. The first-order valence-corrected chi connectivity index (χ1v) is 3.22. The Morgan fingerprint density at radius 1 is 1.75 bits per heavy atom. The van der Waals surface area contributed by atoms with Crippen LogP contribution in [0, 0.1) is 0 Å². The molecule has 0 saturated carbocycles. The molecule has 42 valence electrons. The summed E-state index contributed by atoms with van der Waals surface area (Å²) in [6.45, 7) is 0. The minimum absolute atomic E-state index is 0.0487. The standard InChI is InChI=1S/C5H4INO/c6-5(8)4-2-1-3-7-4/h1-3,7H. The molecule has 3 heteroatoms. The predicted octanol–water partition coefficient (Wildman–Crippen LogP) is 1.59. The van der Waals surface area contributed by atoms with Gasteiger partial charge in [-0.15, -0.1) is 0 Å². The highest BCUT2D eigenvalue weighted by Crippen LogP contribution is 2.00. The van der Waals surface area contributed by atoms with Crippen LogP contribution in [-0.4, -0.2) is 8.77 Å². The molecule has 0 aliphatic heterocycles. The van der Waals surface area contributed by atoms with Crippen molar-refractivity contribution in [3.8, 4) is 0 Å². The quantitative estimate of drug-likeness (QED) is 0.566. The Bertz CT molecular complexity index is 180. The van der Waals surface area contributed by atoms with Gasteiger partial charge in [-0.25, -0.2) is 0 Å². The van der Waals surface area contributed by atoms with Crippen molar-refractivity contribution in [1.82, 2.24) is 4.98 Å². The fraction of sp³-hybridized carbons (Fsp3) is 0. The third-order valence-corrected chi connectivity index (χ3v) is 1.39. The molecule has 1 heterocycles. The van der Waals surface area contributed by atoms with E-state index >= 15 is 0 Å². The van der Waals surface area contributed by atoms with Crippen LogP contribution in [0.25, 0.3) is 0 Å². The Kier molecular flexibility index (Phi) is 1.67. The summed E-state index contributed by atoms with van der Waals surface area (Å²) in [7, 11) is 0. The topological polar surface area (TPSA) is 32.9 Å². The molecule has 0 unspecified atom stereocenters. The van der Waals surface area contributed by atoms with E-state index in [1.807, 2.05) is 0 Å². The van der Waals surface area contributed by atoms with E-state index in [1.54, 1.807) is 40.9 Å². The van der Waals surface area contributed by atoms with Gasteiger partial charge in [-0.2, -0.15) is 0 Å². The van der Waals surface area contributed by atoms with Crippen molar-refractivity contribution < 1.29 is 4.79 Å². The second kappa shape index (κ2) is 2.30. The van der Waals surface area contributed by atoms with Gasteiger partial charge in [-0.05, 0) is 12.1 Å². The highest BCUT2D eigenvalue weighted by atomic mass is 127. The van der Waals surface area contributed by atoms with Gasteiger partial charge in [0.25, 0.3) is 0 Å². The molecule has 0 fully saturated rings. The number of hydrogen-bond donors (Lipinski definition) is 1. The number of nitrogens with one attached hydrogen (secondary N) is 1. The fourth-order valence-electron chi connectivity index (χ4n) is 0.453. The summed E-state index contributed by atoms with van der Waals surface area (Å²) in [5, 5.41) is 0. The molecule has 0 aliphatic rings. The van der Waals surface area contributed by atoms with Gasteiger partial charge in [-0.3, -0.25) is 4.79 Å². The van der Waals surface area contributed by atoms with Gasteiger partial charge in [0, 0.05) is 28.8 Å². The number of rotatable bonds is 1. The van der Waals surface area contributed by atoms with Gasteiger partial charge in [0.1, 0.15) is 0 Å². The molecule has 1 aromatic rings. The highest BCUT2D eigenvalue weighted by molar-refractivity contribution is 14.1. The van der Waals surface area contributed by atoms with Crippen LogP contribution < -0.4 is 0 Å². The Morgan fingerprint density at radius 2 is 2.50 bits per heavy atom. The lowest BCUT2D eigenvalue weighted by atomic mass is 10.5. The highest BCUT2D eigenvalue weighted by Gasteiger charge is 1.96. The van der Waals surface area contributed by atoms with Crippen molar-refractivity contribution in [2.45, 2.75) is 0 Å². The maximum atomic E-state index is 10.5. The molecule has 0 radical (unpaired) electrons. The van der Waals surface area contributed by atoms with E-state index in [0.717, 1.165) is 0 Å². The molecular weight excluding hydrogens is 217 g/mol. The summed E-state index contributed by atoms with van der Waals surface area (Å²) >= 11 is 1.73. The number of carbonyl (C=O) groups excluding carboxylic acids is 1. The zero-order chi connectivity index (χ0) is 5.98. The first-order valence-electron chi connectivity index (χ1n) is 2.14. The molecule has 0 aromatic carbocycles. The van der Waals surface area contributed by atoms with Crippen LogP contribution in [-0.2, 0) is 0 Å². The molecular formula is C5H4INO. The summed E-state index contributed by atoms with van der Waals surface area (Å²) in [5.74, 6) is 0. The number of aromatic amines is 1. The lowest BCUT2D eigenvalue weighted by Gasteiger charge is -1.79. The zero-order valence-electron chi connectivity index (χ0n) is 4.02. The Morgan fingerprint density at radius 3 is 2.75 bits per heavy atom. The van der Waals surface area contributed by atoms with Crippen LogP contribution in [0.4, 0.5) is 0 Å². The molecule has 1 N–H and O–H groups in total. The molecule has 0 aliphatic carbocycles. The van der Waals surface area contributed by atoms with E-state index in [0.29, 0.717) is 5.69 Å². The average Bonchev–Trinajstić information content (AvgIpc) is 2.12. The van der Waals surface area contributed by atoms with Gasteiger partial charge in [0.15, 0.2) is 0 Å². The van der Waals surface area contributed by atoms with Gasteiger partial charge in [0.2, 0.25) is 3.79 Å².